The number of nitrogens with zero attached hydrogens (tertiary/aromatic N) is 2. The summed E-state index contributed by atoms with van der Waals surface area (Å²) in [6.45, 7) is 1.68. The molecule has 0 aliphatic rings. The van der Waals surface area contributed by atoms with Crippen molar-refractivity contribution < 1.29 is 32.2 Å². The highest BCUT2D eigenvalue weighted by atomic mass is 32.2. The van der Waals surface area contributed by atoms with Gasteiger partial charge >= 0.3 is 5.97 Å². The number of anilines is 1. The smallest absolute Gasteiger partial charge is 0.343 e. The molecule has 0 atom stereocenters. The normalized spacial score (nSPS) is 11.1. The number of hydrogen-bond acceptors (Lipinski definition) is 8. The molecule has 0 saturated heterocycles. The Labute approximate surface area is 186 Å². The number of hydrazone groups is 1. The molecule has 0 fully saturated rings. The van der Waals surface area contributed by atoms with Crippen molar-refractivity contribution in [1.29, 1.82) is 0 Å². The number of ether oxygens (including phenoxy) is 3. The third kappa shape index (κ3) is 7.91. The van der Waals surface area contributed by atoms with Gasteiger partial charge in [0.05, 0.1) is 31.9 Å². The van der Waals surface area contributed by atoms with Gasteiger partial charge in [-0.1, -0.05) is 0 Å². The lowest BCUT2D eigenvalue weighted by Crippen LogP contribution is -2.39. The molecule has 2 aromatic rings. The highest BCUT2D eigenvalue weighted by Gasteiger charge is 2.20. The zero-order chi connectivity index (χ0) is 23.6. The first-order chi connectivity index (χ1) is 15.2. The van der Waals surface area contributed by atoms with E-state index >= 15 is 0 Å². The van der Waals surface area contributed by atoms with Crippen LogP contribution < -0.4 is 19.2 Å². The first-order valence-electron chi connectivity index (χ1n) is 9.55. The van der Waals surface area contributed by atoms with Crippen molar-refractivity contribution in [3.8, 4) is 11.5 Å². The Morgan fingerprint density at radius 3 is 2.19 bits per heavy atom. The van der Waals surface area contributed by atoms with E-state index in [1.165, 1.54) is 13.3 Å². The van der Waals surface area contributed by atoms with Gasteiger partial charge in [-0.25, -0.2) is 18.6 Å². The number of benzene rings is 2. The van der Waals surface area contributed by atoms with E-state index in [0.29, 0.717) is 29.4 Å². The molecule has 0 aliphatic heterocycles. The molecule has 1 N–H and O–H groups in total. The number of amides is 1. The van der Waals surface area contributed by atoms with Gasteiger partial charge in [-0.2, -0.15) is 5.10 Å². The van der Waals surface area contributed by atoms with Crippen LogP contribution in [0.1, 0.15) is 12.5 Å². The molecule has 2 aromatic carbocycles. The molecule has 0 radical (unpaired) electrons. The lowest BCUT2D eigenvalue weighted by molar-refractivity contribution is -0.142. The molecular formula is C21H25N3O7S. The van der Waals surface area contributed by atoms with E-state index in [1.54, 1.807) is 48.5 Å². The Morgan fingerprint density at radius 1 is 1.03 bits per heavy atom. The van der Waals surface area contributed by atoms with Crippen LogP contribution in [0, 0.1) is 0 Å². The first kappa shape index (κ1) is 24.7. The van der Waals surface area contributed by atoms with E-state index in [2.05, 4.69) is 15.3 Å². The minimum atomic E-state index is -3.70. The number of esters is 1. The summed E-state index contributed by atoms with van der Waals surface area (Å²) in [5.41, 5.74) is 3.29. The number of carbonyl (C=O) groups is 2. The van der Waals surface area contributed by atoms with Crippen LogP contribution in [0.3, 0.4) is 0 Å². The van der Waals surface area contributed by atoms with Crippen molar-refractivity contribution in [3.05, 3.63) is 54.1 Å². The number of rotatable bonds is 11. The van der Waals surface area contributed by atoms with Gasteiger partial charge in [-0.05, 0) is 61.0 Å². The van der Waals surface area contributed by atoms with Crippen LogP contribution in [-0.4, -0.2) is 59.6 Å². The molecule has 0 saturated carbocycles. The van der Waals surface area contributed by atoms with Gasteiger partial charge in [0.15, 0.2) is 6.61 Å². The standard InChI is InChI=1S/C21H25N3O7S/c1-4-30-18-11-7-17(8-12-18)24(32(3,27)28)14-20(25)23-22-13-16-5-9-19(10-6-16)31-15-21(26)29-2/h5-13H,4,14-15H2,1-3H3,(H,23,25). The van der Waals surface area contributed by atoms with Crippen molar-refractivity contribution >= 4 is 33.8 Å². The number of carbonyl (C=O) groups excluding carboxylic acids is 2. The summed E-state index contributed by atoms with van der Waals surface area (Å²) < 4.78 is 40.4. The molecule has 11 heteroatoms. The molecular weight excluding hydrogens is 438 g/mol. The quantitative estimate of drug-likeness (QED) is 0.305. The summed E-state index contributed by atoms with van der Waals surface area (Å²) in [6, 6.07) is 13.0. The van der Waals surface area contributed by atoms with Gasteiger partial charge < -0.3 is 14.2 Å². The van der Waals surface area contributed by atoms with E-state index in [4.69, 9.17) is 9.47 Å². The maximum atomic E-state index is 12.2. The average molecular weight is 464 g/mol. The SMILES string of the molecule is CCOc1ccc(N(CC(=O)NN=Cc2ccc(OCC(=O)OC)cc2)S(C)(=O)=O)cc1. The van der Waals surface area contributed by atoms with Crippen LogP contribution in [0.5, 0.6) is 11.5 Å². The Bertz CT molecular complexity index is 1040. The fourth-order valence-electron chi connectivity index (χ4n) is 2.47. The van der Waals surface area contributed by atoms with Crippen molar-refractivity contribution in [2.75, 3.05) is 37.4 Å². The topological polar surface area (TPSA) is 124 Å². The lowest BCUT2D eigenvalue weighted by atomic mass is 10.2. The summed E-state index contributed by atoms with van der Waals surface area (Å²) in [6.07, 6.45) is 2.41. The Kier molecular flexibility index (Phi) is 9.02. The zero-order valence-corrected chi connectivity index (χ0v) is 18.8. The van der Waals surface area contributed by atoms with Gasteiger partial charge in [-0.3, -0.25) is 9.10 Å². The second-order valence-electron chi connectivity index (χ2n) is 6.42. The van der Waals surface area contributed by atoms with Gasteiger partial charge in [0.2, 0.25) is 10.0 Å². The fourth-order valence-corrected chi connectivity index (χ4v) is 3.33. The highest BCUT2D eigenvalue weighted by Crippen LogP contribution is 2.21. The maximum Gasteiger partial charge on any atom is 0.343 e. The van der Waals surface area contributed by atoms with E-state index in [0.717, 1.165) is 10.6 Å². The molecule has 0 spiro atoms. The van der Waals surface area contributed by atoms with Crippen LogP contribution in [-0.2, 0) is 24.3 Å². The van der Waals surface area contributed by atoms with Crippen LogP contribution in [0.25, 0.3) is 0 Å². The number of hydrogen-bond donors (Lipinski definition) is 1. The van der Waals surface area contributed by atoms with Crippen molar-refractivity contribution in [2.24, 2.45) is 5.10 Å². The van der Waals surface area contributed by atoms with Crippen molar-refractivity contribution in [1.82, 2.24) is 5.43 Å². The summed E-state index contributed by atoms with van der Waals surface area (Å²) in [5.74, 6) is -0.0403. The summed E-state index contributed by atoms with van der Waals surface area (Å²) in [7, 11) is -2.43. The largest absolute Gasteiger partial charge is 0.494 e. The van der Waals surface area contributed by atoms with Crippen LogP contribution in [0.2, 0.25) is 0 Å². The Hall–Kier alpha value is -3.60. The third-order valence-electron chi connectivity index (χ3n) is 3.99. The minimum absolute atomic E-state index is 0.203. The number of sulfonamides is 1. The van der Waals surface area contributed by atoms with Gasteiger partial charge in [0.1, 0.15) is 18.0 Å². The molecule has 1 amide bonds. The number of nitrogens with one attached hydrogen (secondary N) is 1. The predicted octanol–water partition coefficient (Wildman–Crippen LogP) is 1.55. The van der Waals surface area contributed by atoms with Crippen LogP contribution in [0.15, 0.2) is 53.6 Å². The average Bonchev–Trinajstić information content (AvgIpc) is 2.77. The first-order valence-corrected chi connectivity index (χ1v) is 11.4. The second kappa shape index (κ2) is 11.7. The molecule has 0 unspecified atom stereocenters. The lowest BCUT2D eigenvalue weighted by Gasteiger charge is -2.21. The Balaban J connectivity index is 1.95. The minimum Gasteiger partial charge on any atom is -0.494 e. The molecule has 0 bridgehead atoms. The molecule has 32 heavy (non-hydrogen) atoms. The van der Waals surface area contributed by atoms with Gasteiger partial charge in [0, 0.05) is 0 Å². The molecule has 10 nitrogen and oxygen atoms in total. The Morgan fingerprint density at radius 2 is 1.62 bits per heavy atom. The van der Waals surface area contributed by atoms with Crippen LogP contribution >= 0.6 is 0 Å². The summed E-state index contributed by atoms with van der Waals surface area (Å²) >= 11 is 0. The summed E-state index contributed by atoms with van der Waals surface area (Å²) in [5, 5.41) is 3.84. The van der Waals surface area contributed by atoms with E-state index in [-0.39, 0.29) is 6.61 Å². The fraction of sp³-hybridized carbons (Fsp3) is 0.286. The van der Waals surface area contributed by atoms with Crippen LogP contribution in [0.4, 0.5) is 5.69 Å². The predicted molar refractivity (Wildman–Crippen MR) is 119 cm³/mol. The third-order valence-corrected chi connectivity index (χ3v) is 5.13. The molecule has 2 rings (SSSR count). The maximum absolute atomic E-state index is 12.2. The number of methoxy groups -OCH3 is 1. The van der Waals surface area contributed by atoms with Gasteiger partial charge in [0.25, 0.3) is 5.91 Å². The summed E-state index contributed by atoms with van der Waals surface area (Å²) in [4.78, 5) is 23.3. The monoisotopic (exact) mass is 463 g/mol. The van der Waals surface area contributed by atoms with E-state index in [1.807, 2.05) is 6.92 Å². The highest BCUT2D eigenvalue weighted by molar-refractivity contribution is 7.92. The molecule has 0 aliphatic carbocycles. The van der Waals surface area contributed by atoms with E-state index in [9.17, 15) is 18.0 Å². The van der Waals surface area contributed by atoms with Crippen molar-refractivity contribution in [2.45, 2.75) is 6.92 Å². The van der Waals surface area contributed by atoms with Gasteiger partial charge in [-0.15, -0.1) is 0 Å². The van der Waals surface area contributed by atoms with Crippen molar-refractivity contribution in [3.63, 3.8) is 0 Å². The van der Waals surface area contributed by atoms with E-state index < -0.39 is 28.4 Å². The zero-order valence-electron chi connectivity index (χ0n) is 18.0. The molecule has 0 heterocycles. The molecule has 0 aromatic heterocycles. The molecule has 172 valence electrons. The second-order valence-corrected chi connectivity index (χ2v) is 8.33.